The Kier molecular flexibility index (Phi) is 6.05. The fraction of sp³-hybridized carbons (Fsp3) is 0.722. The molecule has 0 radical (unpaired) electrons. The van der Waals surface area contributed by atoms with Crippen LogP contribution in [-0.2, 0) is 9.59 Å². The van der Waals surface area contributed by atoms with Crippen molar-refractivity contribution in [3.8, 4) is 0 Å². The maximum absolute atomic E-state index is 14.7. The number of carbonyl (C=O) groups is 2. The molecule has 1 saturated heterocycles. The zero-order valence-electron chi connectivity index (χ0n) is 26.2. The summed E-state index contributed by atoms with van der Waals surface area (Å²) < 4.78 is 0. The summed E-state index contributed by atoms with van der Waals surface area (Å²) >= 11 is 0. The number of benzene rings is 1. The Morgan fingerprint density at radius 1 is 1.00 bits per heavy atom. The molecule has 2 heterocycles. The molecule has 1 aliphatic heterocycles. The average molecular weight is 571 g/mol. The fourth-order valence-electron chi connectivity index (χ4n) is 11.0. The Hall–Kier alpha value is -2.34. The van der Waals surface area contributed by atoms with Gasteiger partial charge >= 0.3 is 0 Å². The normalized spacial score (nSPS) is 36.2. The van der Waals surface area contributed by atoms with Crippen molar-refractivity contribution in [3.63, 3.8) is 0 Å². The number of piperidine rings is 1. The second-order valence-electron chi connectivity index (χ2n) is 16.3. The van der Waals surface area contributed by atoms with Gasteiger partial charge in [-0.1, -0.05) is 32.0 Å². The maximum atomic E-state index is 14.7. The lowest BCUT2D eigenvalue weighted by atomic mass is 9.53. The minimum atomic E-state index is -0.709. The zero-order chi connectivity index (χ0) is 29.0. The van der Waals surface area contributed by atoms with Crippen molar-refractivity contribution in [1.82, 2.24) is 20.1 Å². The molecule has 4 bridgehead atoms. The Balaban J connectivity index is 1.08. The van der Waals surface area contributed by atoms with Crippen molar-refractivity contribution in [2.24, 2.45) is 29.1 Å². The first-order chi connectivity index (χ1) is 20.1. The van der Waals surface area contributed by atoms with Crippen LogP contribution in [0.1, 0.15) is 102 Å². The summed E-state index contributed by atoms with van der Waals surface area (Å²) in [6.45, 7) is 8.60. The first-order valence-electron chi connectivity index (χ1n) is 17.0. The lowest BCUT2D eigenvalue weighted by molar-refractivity contribution is -0.155. The van der Waals surface area contributed by atoms with E-state index in [1.54, 1.807) is 0 Å². The van der Waals surface area contributed by atoms with E-state index in [9.17, 15) is 9.59 Å². The Bertz CT molecular complexity index is 1380. The molecule has 6 saturated carbocycles. The molecule has 0 spiro atoms. The third kappa shape index (κ3) is 4.21. The van der Waals surface area contributed by atoms with Crippen LogP contribution in [0.4, 0.5) is 0 Å². The standard InChI is InChI=1S/C36H50N4O2/c1-22-31(27-7-5-6-8-29(27)37-22)32-28(34(32,2)3)18-30(41)40(26-9-10-26)36(11-13-39(4)14-12-36)33(42)38-35-19-23-15-24(20-35)17-25(16-23)21-35/h5-8,23-26,28,32,37H,9-21H2,1-4H3,(H,38,42)/t23?,24?,25?,28-,32+,35?/m0/s1. The number of carbonyl (C=O) groups excluding carboxylic acids is 2. The van der Waals surface area contributed by atoms with E-state index in [0.717, 1.165) is 75.8 Å². The number of hydrogen-bond donors (Lipinski definition) is 2. The molecule has 0 unspecified atom stereocenters. The van der Waals surface area contributed by atoms with E-state index >= 15 is 0 Å². The van der Waals surface area contributed by atoms with Crippen LogP contribution in [0.2, 0.25) is 0 Å². The largest absolute Gasteiger partial charge is 0.358 e. The predicted octanol–water partition coefficient (Wildman–Crippen LogP) is 6.15. The smallest absolute Gasteiger partial charge is 0.246 e. The van der Waals surface area contributed by atoms with Gasteiger partial charge in [-0.3, -0.25) is 9.59 Å². The van der Waals surface area contributed by atoms with Gasteiger partial charge < -0.3 is 20.1 Å². The van der Waals surface area contributed by atoms with Crippen LogP contribution in [-0.4, -0.2) is 63.9 Å². The number of hydrogen-bond acceptors (Lipinski definition) is 3. The number of amides is 2. The van der Waals surface area contributed by atoms with E-state index in [1.165, 1.54) is 41.4 Å². The fourth-order valence-corrected chi connectivity index (χ4v) is 11.0. The molecule has 226 valence electrons. The molecule has 42 heavy (non-hydrogen) atoms. The Morgan fingerprint density at radius 2 is 1.62 bits per heavy atom. The van der Waals surface area contributed by atoms with Gasteiger partial charge in [-0.05, 0) is 125 Å². The van der Waals surface area contributed by atoms with Gasteiger partial charge in [-0.15, -0.1) is 0 Å². The average Bonchev–Trinajstić information content (AvgIpc) is 3.81. The number of aryl methyl sites for hydroxylation is 1. The van der Waals surface area contributed by atoms with Crippen LogP contribution in [0, 0.1) is 36.0 Å². The van der Waals surface area contributed by atoms with E-state index in [1.807, 2.05) is 0 Å². The molecule has 1 aromatic heterocycles. The molecule has 1 aromatic carbocycles. The number of H-pyrrole nitrogens is 1. The topological polar surface area (TPSA) is 68.4 Å². The molecule has 2 N–H and O–H groups in total. The summed E-state index contributed by atoms with van der Waals surface area (Å²) in [6, 6.07) is 8.81. The SMILES string of the molecule is Cc1[nH]c2ccccc2c1[C@H]1[C@H](CC(=O)N(C2CC2)C2(C(=O)NC34CC5CC(CC(C5)C3)C4)CCN(C)CC2)C1(C)C. The van der Waals surface area contributed by atoms with E-state index in [-0.39, 0.29) is 28.8 Å². The van der Waals surface area contributed by atoms with Crippen molar-refractivity contribution in [2.75, 3.05) is 20.1 Å². The number of nitrogens with zero attached hydrogens (tertiary/aromatic N) is 2. The summed E-state index contributed by atoms with van der Waals surface area (Å²) in [6.07, 6.45) is 11.7. The van der Waals surface area contributed by atoms with E-state index in [2.05, 4.69) is 72.2 Å². The van der Waals surface area contributed by atoms with Crippen LogP contribution in [0.5, 0.6) is 0 Å². The Morgan fingerprint density at radius 3 is 2.24 bits per heavy atom. The first-order valence-corrected chi connectivity index (χ1v) is 17.0. The van der Waals surface area contributed by atoms with Crippen molar-refractivity contribution in [3.05, 3.63) is 35.5 Å². The summed E-state index contributed by atoms with van der Waals surface area (Å²) in [5.41, 5.74) is 3.12. The molecule has 2 amide bonds. The molecule has 7 fully saturated rings. The highest BCUT2D eigenvalue weighted by Gasteiger charge is 2.62. The van der Waals surface area contributed by atoms with Crippen molar-refractivity contribution in [1.29, 1.82) is 0 Å². The van der Waals surface area contributed by atoms with Crippen LogP contribution >= 0.6 is 0 Å². The van der Waals surface area contributed by atoms with Gasteiger partial charge in [0.05, 0.1) is 0 Å². The monoisotopic (exact) mass is 570 g/mol. The van der Waals surface area contributed by atoms with Gasteiger partial charge in [0.1, 0.15) is 5.54 Å². The lowest BCUT2D eigenvalue weighted by Gasteiger charge is -2.58. The highest BCUT2D eigenvalue weighted by Crippen LogP contribution is 2.67. The van der Waals surface area contributed by atoms with Crippen molar-refractivity contribution < 1.29 is 9.59 Å². The van der Waals surface area contributed by atoms with Crippen LogP contribution in [0.3, 0.4) is 0 Å². The molecule has 2 atom stereocenters. The van der Waals surface area contributed by atoms with Crippen molar-refractivity contribution in [2.45, 2.75) is 114 Å². The number of rotatable bonds is 7. The molecule has 6 aliphatic carbocycles. The molecule has 2 aromatic rings. The third-order valence-electron chi connectivity index (χ3n) is 13.0. The molecular weight excluding hydrogens is 520 g/mol. The summed E-state index contributed by atoms with van der Waals surface area (Å²) in [7, 11) is 2.16. The quantitative estimate of drug-likeness (QED) is 0.420. The molecular formula is C36H50N4O2. The highest BCUT2D eigenvalue weighted by atomic mass is 16.2. The van der Waals surface area contributed by atoms with Crippen LogP contribution in [0.15, 0.2) is 24.3 Å². The van der Waals surface area contributed by atoms with Gasteiger partial charge in [0.25, 0.3) is 0 Å². The van der Waals surface area contributed by atoms with Crippen LogP contribution < -0.4 is 5.32 Å². The van der Waals surface area contributed by atoms with E-state index < -0.39 is 5.54 Å². The van der Waals surface area contributed by atoms with Gasteiger partial charge in [0.15, 0.2) is 0 Å². The number of aromatic nitrogens is 1. The van der Waals surface area contributed by atoms with Gasteiger partial charge in [-0.2, -0.15) is 0 Å². The third-order valence-corrected chi connectivity index (χ3v) is 13.0. The Labute approximate surface area is 251 Å². The first kappa shape index (κ1) is 27.2. The number of fused-ring (bicyclic) bond motifs is 1. The zero-order valence-corrected chi connectivity index (χ0v) is 26.2. The number of para-hydroxylation sites is 1. The minimum Gasteiger partial charge on any atom is -0.358 e. The van der Waals surface area contributed by atoms with Gasteiger partial charge in [-0.25, -0.2) is 0 Å². The maximum Gasteiger partial charge on any atom is 0.246 e. The van der Waals surface area contributed by atoms with E-state index in [4.69, 9.17) is 0 Å². The van der Waals surface area contributed by atoms with Crippen LogP contribution in [0.25, 0.3) is 10.9 Å². The predicted molar refractivity (Wildman–Crippen MR) is 166 cm³/mol. The molecule has 9 rings (SSSR count). The summed E-state index contributed by atoms with van der Waals surface area (Å²) in [4.78, 5) is 37.4. The second kappa shape index (κ2) is 9.33. The summed E-state index contributed by atoms with van der Waals surface area (Å²) in [5.74, 6) is 3.40. The molecule has 7 aliphatic rings. The minimum absolute atomic E-state index is 0.0309. The lowest BCUT2D eigenvalue weighted by Crippen LogP contribution is -2.69. The van der Waals surface area contributed by atoms with Crippen molar-refractivity contribution >= 4 is 22.7 Å². The summed E-state index contributed by atoms with van der Waals surface area (Å²) in [5, 5.41) is 5.05. The highest BCUT2D eigenvalue weighted by molar-refractivity contribution is 5.93. The number of likely N-dealkylation sites (tertiary alicyclic amines) is 1. The van der Waals surface area contributed by atoms with E-state index in [0.29, 0.717) is 18.3 Å². The second-order valence-corrected chi connectivity index (χ2v) is 16.3. The number of nitrogens with one attached hydrogen (secondary N) is 2. The van der Waals surface area contributed by atoms with Gasteiger partial charge in [0.2, 0.25) is 11.8 Å². The molecule has 6 nitrogen and oxygen atoms in total. The molecule has 6 heteroatoms. The van der Waals surface area contributed by atoms with Gasteiger partial charge in [0, 0.05) is 47.7 Å². The number of aromatic amines is 1.